The Morgan fingerprint density at radius 3 is 3.08 bits per heavy atom. The summed E-state index contributed by atoms with van der Waals surface area (Å²) in [7, 11) is 0. The molecule has 2 aliphatic rings. The Morgan fingerprint density at radius 1 is 1.50 bits per heavy atom. The zero-order chi connectivity index (χ0) is 8.55. The molecule has 0 bridgehead atoms. The smallest absolute Gasteiger partial charge is 0.127 e. The van der Waals surface area contributed by atoms with Gasteiger partial charge in [-0.05, 0) is 23.6 Å². The van der Waals surface area contributed by atoms with Crippen LogP contribution in [0.1, 0.15) is 13.8 Å². The lowest BCUT2D eigenvalue weighted by Gasteiger charge is -2.19. The molecule has 0 N–H and O–H groups in total. The number of allylic oxidation sites excluding steroid dienone is 2. The predicted molar refractivity (Wildman–Crippen MR) is 51.1 cm³/mol. The Balaban J connectivity index is 2.25. The van der Waals surface area contributed by atoms with Gasteiger partial charge in [0.1, 0.15) is 5.84 Å². The molecule has 0 aromatic rings. The van der Waals surface area contributed by atoms with Crippen LogP contribution in [0.5, 0.6) is 0 Å². The summed E-state index contributed by atoms with van der Waals surface area (Å²) < 4.78 is 0. The van der Waals surface area contributed by atoms with Crippen LogP contribution in [0.2, 0.25) is 0 Å². The summed E-state index contributed by atoms with van der Waals surface area (Å²) in [6.45, 7) is 6.41. The van der Waals surface area contributed by atoms with Gasteiger partial charge in [-0.2, -0.15) is 0 Å². The molecule has 0 aromatic carbocycles. The fraction of sp³-hybridized carbons (Fsp3) is 0.500. The number of hydrogen-bond acceptors (Lipinski definition) is 2. The van der Waals surface area contributed by atoms with Crippen LogP contribution in [0.3, 0.4) is 0 Å². The van der Waals surface area contributed by atoms with E-state index in [1.165, 1.54) is 5.57 Å². The van der Waals surface area contributed by atoms with Crippen LogP contribution in [0, 0.1) is 5.92 Å². The van der Waals surface area contributed by atoms with E-state index >= 15 is 0 Å². The molecule has 2 heterocycles. The molecule has 12 heavy (non-hydrogen) atoms. The van der Waals surface area contributed by atoms with E-state index in [1.54, 1.807) is 0 Å². The highest BCUT2D eigenvalue weighted by molar-refractivity contribution is 5.96. The van der Waals surface area contributed by atoms with E-state index in [2.05, 4.69) is 42.1 Å². The van der Waals surface area contributed by atoms with Gasteiger partial charge in [0.25, 0.3) is 0 Å². The maximum Gasteiger partial charge on any atom is 0.127 e. The van der Waals surface area contributed by atoms with E-state index in [0.29, 0.717) is 5.92 Å². The summed E-state index contributed by atoms with van der Waals surface area (Å²) in [5.74, 6) is 1.74. The first-order chi connectivity index (χ1) is 5.77. The summed E-state index contributed by atoms with van der Waals surface area (Å²) in [6, 6.07) is 0. The Kier molecular flexibility index (Phi) is 1.75. The van der Waals surface area contributed by atoms with Crippen LogP contribution in [-0.2, 0) is 0 Å². The molecule has 0 aromatic heterocycles. The van der Waals surface area contributed by atoms with Gasteiger partial charge in [-0.1, -0.05) is 13.8 Å². The van der Waals surface area contributed by atoms with Gasteiger partial charge < -0.3 is 4.90 Å². The van der Waals surface area contributed by atoms with Crippen molar-refractivity contribution in [1.82, 2.24) is 4.90 Å². The second-order valence-corrected chi connectivity index (χ2v) is 3.55. The first-order valence-corrected chi connectivity index (χ1v) is 4.48. The lowest BCUT2D eigenvalue weighted by atomic mass is 10.0. The molecule has 0 unspecified atom stereocenters. The highest BCUT2D eigenvalue weighted by Crippen LogP contribution is 2.18. The number of amidine groups is 1. The average molecular weight is 162 g/mol. The van der Waals surface area contributed by atoms with Crippen molar-refractivity contribution in [3.63, 3.8) is 0 Å². The molecule has 2 heteroatoms. The third-order valence-corrected chi connectivity index (χ3v) is 2.32. The topological polar surface area (TPSA) is 15.6 Å². The molecule has 64 valence electrons. The Bertz CT molecular complexity index is 272. The number of nitrogens with zero attached hydrogens (tertiary/aromatic N) is 2. The van der Waals surface area contributed by atoms with E-state index in [0.717, 1.165) is 18.9 Å². The summed E-state index contributed by atoms with van der Waals surface area (Å²) in [4.78, 5) is 6.61. The first-order valence-electron chi connectivity index (χ1n) is 4.48. The summed E-state index contributed by atoms with van der Waals surface area (Å²) >= 11 is 0. The molecule has 0 spiro atoms. The van der Waals surface area contributed by atoms with Gasteiger partial charge in [-0.25, -0.2) is 0 Å². The van der Waals surface area contributed by atoms with Crippen LogP contribution < -0.4 is 0 Å². The van der Waals surface area contributed by atoms with Crippen molar-refractivity contribution in [2.45, 2.75) is 13.8 Å². The van der Waals surface area contributed by atoms with Crippen molar-refractivity contribution >= 4 is 5.84 Å². The molecule has 2 nitrogen and oxygen atoms in total. The van der Waals surface area contributed by atoms with Crippen molar-refractivity contribution in [3.05, 3.63) is 23.9 Å². The van der Waals surface area contributed by atoms with Crippen molar-refractivity contribution in [3.8, 4) is 0 Å². The van der Waals surface area contributed by atoms with Gasteiger partial charge in [0.05, 0.1) is 6.54 Å². The first kappa shape index (κ1) is 7.59. The van der Waals surface area contributed by atoms with Gasteiger partial charge in [-0.3, -0.25) is 4.99 Å². The van der Waals surface area contributed by atoms with E-state index in [-0.39, 0.29) is 0 Å². The molecule has 2 aliphatic heterocycles. The van der Waals surface area contributed by atoms with Gasteiger partial charge in [0.2, 0.25) is 0 Å². The minimum atomic E-state index is 0.603. The monoisotopic (exact) mass is 162 g/mol. The summed E-state index contributed by atoms with van der Waals surface area (Å²) in [6.07, 6.45) is 6.52. The fourth-order valence-corrected chi connectivity index (χ4v) is 1.49. The second kappa shape index (κ2) is 2.77. The standard InChI is InChI=1S/C10H14N2/c1-8(2)9-3-5-12-6-4-11-10(12)7-9/h3,5,7-8H,4,6H2,1-2H3. The van der Waals surface area contributed by atoms with Crippen LogP contribution in [0.15, 0.2) is 28.9 Å². The minimum Gasteiger partial charge on any atom is -0.331 e. The van der Waals surface area contributed by atoms with Crippen molar-refractivity contribution in [2.75, 3.05) is 13.1 Å². The highest BCUT2D eigenvalue weighted by Gasteiger charge is 2.16. The molecule has 0 atom stereocenters. The normalized spacial score (nSPS) is 21.1. The molecule has 2 rings (SSSR count). The zero-order valence-corrected chi connectivity index (χ0v) is 7.62. The lowest BCUT2D eigenvalue weighted by molar-refractivity contribution is 0.605. The Hall–Kier alpha value is -1.05. The molecule has 0 aliphatic carbocycles. The van der Waals surface area contributed by atoms with Crippen molar-refractivity contribution in [1.29, 1.82) is 0 Å². The van der Waals surface area contributed by atoms with Crippen LogP contribution in [0.25, 0.3) is 0 Å². The third-order valence-electron chi connectivity index (χ3n) is 2.32. The van der Waals surface area contributed by atoms with Gasteiger partial charge in [0.15, 0.2) is 0 Å². The van der Waals surface area contributed by atoms with E-state index in [9.17, 15) is 0 Å². The number of hydrogen-bond donors (Lipinski definition) is 0. The number of aliphatic imine (C=N–C) groups is 1. The highest BCUT2D eigenvalue weighted by atomic mass is 15.2. The van der Waals surface area contributed by atoms with Crippen LogP contribution >= 0.6 is 0 Å². The lowest BCUT2D eigenvalue weighted by Crippen LogP contribution is -2.23. The second-order valence-electron chi connectivity index (χ2n) is 3.55. The van der Waals surface area contributed by atoms with Gasteiger partial charge >= 0.3 is 0 Å². The molecular formula is C10H14N2. The van der Waals surface area contributed by atoms with E-state index in [1.807, 2.05) is 0 Å². The van der Waals surface area contributed by atoms with E-state index in [4.69, 9.17) is 0 Å². The Morgan fingerprint density at radius 2 is 2.33 bits per heavy atom. The molecule has 0 saturated heterocycles. The van der Waals surface area contributed by atoms with Gasteiger partial charge in [-0.15, -0.1) is 0 Å². The quantitative estimate of drug-likeness (QED) is 0.574. The average Bonchev–Trinajstić information content (AvgIpc) is 2.49. The molecule has 0 radical (unpaired) electrons. The maximum atomic E-state index is 4.41. The van der Waals surface area contributed by atoms with Crippen LogP contribution in [-0.4, -0.2) is 23.8 Å². The van der Waals surface area contributed by atoms with Crippen molar-refractivity contribution in [2.24, 2.45) is 10.9 Å². The summed E-state index contributed by atoms with van der Waals surface area (Å²) in [5.41, 5.74) is 1.38. The minimum absolute atomic E-state index is 0.603. The largest absolute Gasteiger partial charge is 0.331 e. The number of rotatable bonds is 1. The van der Waals surface area contributed by atoms with Crippen molar-refractivity contribution < 1.29 is 0 Å². The van der Waals surface area contributed by atoms with Crippen LogP contribution in [0.4, 0.5) is 0 Å². The number of fused-ring (bicyclic) bond motifs is 1. The maximum absolute atomic E-state index is 4.41. The fourth-order valence-electron chi connectivity index (χ4n) is 1.49. The van der Waals surface area contributed by atoms with Gasteiger partial charge in [0, 0.05) is 12.7 Å². The zero-order valence-electron chi connectivity index (χ0n) is 7.62. The summed E-state index contributed by atoms with van der Waals surface area (Å²) in [5, 5.41) is 0. The molecule has 0 fully saturated rings. The molecular weight excluding hydrogens is 148 g/mol. The predicted octanol–water partition coefficient (Wildman–Crippen LogP) is 1.81. The van der Waals surface area contributed by atoms with E-state index < -0.39 is 0 Å². The molecule has 0 amide bonds. The SMILES string of the molecule is CC(C)C1=CC2=NCCN2C=C1. The third kappa shape index (κ3) is 1.17. The Labute approximate surface area is 73.3 Å². The molecule has 0 saturated carbocycles.